The Hall–Kier alpha value is -0.707. The molecule has 4 heteroatoms. The van der Waals surface area contributed by atoms with Gasteiger partial charge in [0.15, 0.2) is 0 Å². The number of hydrogen-bond donors (Lipinski definition) is 0. The summed E-state index contributed by atoms with van der Waals surface area (Å²) in [6, 6.07) is 26.8. The third-order valence-corrected chi connectivity index (χ3v) is 6.64. The van der Waals surface area contributed by atoms with E-state index >= 15 is 0 Å². The van der Waals surface area contributed by atoms with Crippen LogP contribution in [0.25, 0.3) is 0 Å². The molecule has 0 aliphatic heterocycles. The number of rotatable bonds is 3. The van der Waals surface area contributed by atoms with Crippen molar-refractivity contribution in [3.05, 3.63) is 88.9 Å². The first-order valence-corrected chi connectivity index (χ1v) is 8.71. The zero-order valence-corrected chi connectivity index (χ0v) is 15.7. The van der Waals surface area contributed by atoms with Crippen molar-refractivity contribution in [3.8, 4) is 0 Å². The molecule has 0 atom stereocenters. The van der Waals surface area contributed by atoms with E-state index in [2.05, 4.69) is 54.6 Å². The fraction of sp³-hybridized carbons (Fsp3) is 0. The molecule has 0 unspecified atom stereocenters. The van der Waals surface area contributed by atoms with Gasteiger partial charge in [0.2, 0.25) is 0 Å². The molecule has 22 heavy (non-hydrogen) atoms. The predicted molar refractivity (Wildman–Crippen MR) is 95.2 cm³/mol. The number of hydrogen-bond acceptors (Lipinski definition) is 0. The molecule has 0 bridgehead atoms. The van der Waals surface area contributed by atoms with Crippen molar-refractivity contribution < 1.29 is 19.5 Å². The molecule has 0 amide bonds. The molecule has 3 aromatic carbocycles. The third kappa shape index (κ3) is 3.79. The van der Waals surface area contributed by atoms with Crippen molar-refractivity contribution >= 4 is 47.0 Å². The van der Waals surface area contributed by atoms with Gasteiger partial charge in [0.1, 0.15) is 0 Å². The van der Waals surface area contributed by atoms with Gasteiger partial charge in [0.05, 0.1) is 10.0 Å². The maximum Gasteiger partial charge on any atom is 2.00 e. The Morgan fingerprint density at radius 3 is 1.59 bits per heavy atom. The van der Waals surface area contributed by atoms with Crippen LogP contribution in [0.3, 0.4) is 0 Å². The van der Waals surface area contributed by atoms with Crippen LogP contribution in [0, 0.1) is 0 Å². The second-order valence-corrected chi connectivity index (χ2v) is 7.55. The largest absolute Gasteiger partial charge is 2.00 e. The van der Waals surface area contributed by atoms with Crippen LogP contribution >= 0.6 is 31.1 Å². The standard InChI is InChI=1S/C18H13Cl2P.Ru/c19-16-12-7-13-17(18(16)20)21(14-8-3-1-4-9-14)15-10-5-2-6-11-15;/h1-13H;/q;+2. The second-order valence-electron chi connectivity index (χ2n) is 4.58. The molecule has 0 fully saturated rings. The molecule has 0 aliphatic carbocycles. The molecule has 0 spiro atoms. The van der Waals surface area contributed by atoms with Crippen molar-refractivity contribution in [1.82, 2.24) is 0 Å². The van der Waals surface area contributed by atoms with Crippen LogP contribution in [-0.2, 0) is 19.5 Å². The molecule has 0 nitrogen and oxygen atoms in total. The Labute approximate surface area is 155 Å². The normalized spacial score (nSPS) is 10.3. The fourth-order valence-corrected chi connectivity index (χ4v) is 5.21. The van der Waals surface area contributed by atoms with Crippen LogP contribution in [0.5, 0.6) is 0 Å². The quantitative estimate of drug-likeness (QED) is 0.414. The Balaban J connectivity index is 0.00000176. The van der Waals surface area contributed by atoms with E-state index in [1.807, 2.05) is 24.3 Å². The minimum absolute atomic E-state index is 0. The zero-order valence-electron chi connectivity index (χ0n) is 11.6. The first-order valence-electron chi connectivity index (χ1n) is 6.61. The van der Waals surface area contributed by atoms with Crippen molar-refractivity contribution in [2.45, 2.75) is 0 Å². The van der Waals surface area contributed by atoms with E-state index in [1.165, 1.54) is 10.6 Å². The molecule has 3 rings (SSSR count). The molecule has 0 radical (unpaired) electrons. The van der Waals surface area contributed by atoms with E-state index in [4.69, 9.17) is 23.2 Å². The van der Waals surface area contributed by atoms with Gasteiger partial charge in [-0.2, -0.15) is 0 Å². The van der Waals surface area contributed by atoms with Gasteiger partial charge >= 0.3 is 19.5 Å². The molecule has 0 saturated carbocycles. The molecule has 0 aliphatic rings. The smallest absolute Gasteiger partial charge is 0.0827 e. The van der Waals surface area contributed by atoms with Gasteiger partial charge in [0.25, 0.3) is 0 Å². The molecule has 0 aromatic heterocycles. The maximum atomic E-state index is 6.47. The van der Waals surface area contributed by atoms with Crippen LogP contribution in [0.15, 0.2) is 78.9 Å². The van der Waals surface area contributed by atoms with Gasteiger partial charge in [-0.25, -0.2) is 0 Å². The monoisotopic (exact) mass is 432 g/mol. The summed E-state index contributed by atoms with van der Waals surface area (Å²) in [4.78, 5) is 0. The first-order chi connectivity index (χ1) is 10.3. The second kappa shape index (κ2) is 8.23. The minimum atomic E-state index is -0.699. The summed E-state index contributed by atoms with van der Waals surface area (Å²) in [5.74, 6) is 0. The van der Waals surface area contributed by atoms with Gasteiger partial charge in [-0.05, 0) is 24.6 Å². The maximum absolute atomic E-state index is 6.47. The summed E-state index contributed by atoms with van der Waals surface area (Å²) in [6.07, 6.45) is 0. The summed E-state index contributed by atoms with van der Waals surface area (Å²) in [5.41, 5.74) is 0. The Bertz CT molecular complexity index is 693. The molecular weight excluding hydrogens is 419 g/mol. The summed E-state index contributed by atoms with van der Waals surface area (Å²) in [5, 5.41) is 4.88. The number of halogens is 2. The van der Waals surface area contributed by atoms with E-state index in [9.17, 15) is 0 Å². The van der Waals surface area contributed by atoms with Gasteiger partial charge in [-0.1, -0.05) is 96.0 Å². The predicted octanol–water partition coefficient (Wildman–Crippen LogP) is 4.75. The van der Waals surface area contributed by atoms with E-state index in [0.717, 1.165) is 5.30 Å². The van der Waals surface area contributed by atoms with Crippen LogP contribution in [0.1, 0.15) is 0 Å². The van der Waals surface area contributed by atoms with Gasteiger partial charge in [-0.15, -0.1) is 0 Å². The Morgan fingerprint density at radius 1 is 0.591 bits per heavy atom. The topological polar surface area (TPSA) is 0 Å². The molecule has 0 heterocycles. The molecule has 0 N–H and O–H groups in total. The summed E-state index contributed by atoms with van der Waals surface area (Å²) >= 11 is 12.7. The zero-order chi connectivity index (χ0) is 14.7. The fourth-order valence-electron chi connectivity index (χ4n) is 2.25. The molecule has 110 valence electrons. The van der Waals surface area contributed by atoms with Gasteiger partial charge in [0, 0.05) is 5.30 Å². The summed E-state index contributed by atoms with van der Waals surface area (Å²) < 4.78 is 0. The van der Waals surface area contributed by atoms with E-state index in [-0.39, 0.29) is 19.5 Å². The van der Waals surface area contributed by atoms with E-state index in [0.29, 0.717) is 10.0 Å². The van der Waals surface area contributed by atoms with Crippen molar-refractivity contribution in [3.63, 3.8) is 0 Å². The van der Waals surface area contributed by atoms with Crippen LogP contribution in [0.2, 0.25) is 10.0 Å². The molecule has 3 aromatic rings. The van der Waals surface area contributed by atoms with E-state index in [1.54, 1.807) is 0 Å². The Kier molecular flexibility index (Phi) is 6.60. The average molecular weight is 432 g/mol. The summed E-state index contributed by atoms with van der Waals surface area (Å²) in [7, 11) is -0.699. The van der Waals surface area contributed by atoms with Crippen molar-refractivity contribution in [2.75, 3.05) is 0 Å². The van der Waals surface area contributed by atoms with Crippen LogP contribution < -0.4 is 15.9 Å². The first kappa shape index (κ1) is 17.6. The van der Waals surface area contributed by atoms with Gasteiger partial charge < -0.3 is 0 Å². The number of benzene rings is 3. The third-order valence-electron chi connectivity index (χ3n) is 3.20. The SMILES string of the molecule is Clc1cccc(P(c2ccccc2)c2ccccc2)c1Cl.[Ru+2]. The molecule has 0 saturated heterocycles. The van der Waals surface area contributed by atoms with E-state index < -0.39 is 7.92 Å². The Morgan fingerprint density at radius 2 is 1.09 bits per heavy atom. The van der Waals surface area contributed by atoms with Gasteiger partial charge in [-0.3, -0.25) is 0 Å². The minimum Gasteiger partial charge on any atom is -0.0827 e. The summed E-state index contributed by atoms with van der Waals surface area (Å²) in [6.45, 7) is 0. The van der Waals surface area contributed by atoms with Crippen molar-refractivity contribution in [2.24, 2.45) is 0 Å². The van der Waals surface area contributed by atoms with Crippen molar-refractivity contribution in [1.29, 1.82) is 0 Å². The van der Waals surface area contributed by atoms with Crippen LogP contribution in [-0.4, -0.2) is 0 Å². The van der Waals surface area contributed by atoms with Crippen LogP contribution in [0.4, 0.5) is 0 Å². The average Bonchev–Trinajstić information content (AvgIpc) is 2.54. The molecular formula is C18H13Cl2PRu+2.